The van der Waals surface area contributed by atoms with Crippen molar-refractivity contribution >= 4 is 27.8 Å². The summed E-state index contributed by atoms with van der Waals surface area (Å²) in [5, 5.41) is 9.11. The minimum absolute atomic E-state index is 0.0476. The van der Waals surface area contributed by atoms with E-state index in [2.05, 4.69) is 15.9 Å². The SMILES string of the molecule is O=C(O)[C@H]1CCCN(C(=O)c2cc(Br)cn2C2CC2)C1. The highest BCUT2D eigenvalue weighted by molar-refractivity contribution is 9.10. The van der Waals surface area contributed by atoms with Crippen LogP contribution in [0.3, 0.4) is 0 Å². The van der Waals surface area contributed by atoms with E-state index in [0.717, 1.165) is 23.7 Å². The second kappa shape index (κ2) is 5.24. The van der Waals surface area contributed by atoms with Crippen LogP contribution in [0.25, 0.3) is 0 Å². The summed E-state index contributed by atoms with van der Waals surface area (Å²) in [5.41, 5.74) is 0.672. The number of likely N-dealkylation sites (tertiary alicyclic amines) is 1. The summed E-state index contributed by atoms with van der Waals surface area (Å²) in [4.78, 5) is 25.4. The Morgan fingerprint density at radius 2 is 2.05 bits per heavy atom. The van der Waals surface area contributed by atoms with Gasteiger partial charge in [-0.05, 0) is 47.7 Å². The lowest BCUT2D eigenvalue weighted by molar-refractivity contribution is -0.143. The molecule has 0 spiro atoms. The monoisotopic (exact) mass is 340 g/mol. The highest BCUT2D eigenvalue weighted by Crippen LogP contribution is 2.38. The van der Waals surface area contributed by atoms with Crippen LogP contribution >= 0.6 is 15.9 Å². The van der Waals surface area contributed by atoms with Gasteiger partial charge in [0.15, 0.2) is 0 Å². The summed E-state index contributed by atoms with van der Waals surface area (Å²) in [5.74, 6) is -1.28. The molecule has 0 radical (unpaired) electrons. The third-order valence-corrected chi connectivity index (χ3v) is 4.47. The Kier molecular flexibility index (Phi) is 3.58. The van der Waals surface area contributed by atoms with Crippen LogP contribution in [0.1, 0.15) is 42.2 Å². The zero-order valence-corrected chi connectivity index (χ0v) is 12.7. The van der Waals surface area contributed by atoms with Crippen LogP contribution in [0, 0.1) is 5.92 Å². The van der Waals surface area contributed by atoms with Gasteiger partial charge >= 0.3 is 5.97 Å². The maximum absolute atomic E-state index is 12.6. The van der Waals surface area contributed by atoms with Crippen LogP contribution in [-0.4, -0.2) is 39.5 Å². The summed E-state index contributed by atoms with van der Waals surface area (Å²) in [6, 6.07) is 2.27. The van der Waals surface area contributed by atoms with Crippen LogP contribution in [0.2, 0.25) is 0 Å². The summed E-state index contributed by atoms with van der Waals surface area (Å²) in [6.45, 7) is 0.970. The smallest absolute Gasteiger partial charge is 0.308 e. The number of nitrogens with zero attached hydrogens (tertiary/aromatic N) is 2. The molecule has 1 aromatic rings. The molecule has 1 amide bonds. The van der Waals surface area contributed by atoms with E-state index in [1.807, 2.05) is 16.8 Å². The molecule has 108 valence electrons. The fourth-order valence-corrected chi connectivity index (χ4v) is 3.23. The quantitative estimate of drug-likeness (QED) is 0.919. The second-order valence-corrected chi connectivity index (χ2v) is 6.53. The van der Waals surface area contributed by atoms with Gasteiger partial charge in [0.1, 0.15) is 5.69 Å². The number of carbonyl (C=O) groups is 2. The van der Waals surface area contributed by atoms with Crippen molar-refractivity contribution in [2.24, 2.45) is 5.92 Å². The first-order valence-corrected chi connectivity index (χ1v) is 7.75. The van der Waals surface area contributed by atoms with Crippen LogP contribution in [-0.2, 0) is 4.79 Å². The number of hydrogen-bond donors (Lipinski definition) is 1. The molecule has 2 heterocycles. The molecule has 5 nitrogen and oxygen atoms in total. The molecule has 20 heavy (non-hydrogen) atoms. The minimum atomic E-state index is -0.804. The lowest BCUT2D eigenvalue weighted by Gasteiger charge is -2.31. The number of aromatic nitrogens is 1. The molecule has 1 aliphatic heterocycles. The van der Waals surface area contributed by atoms with Crippen molar-refractivity contribution in [2.45, 2.75) is 31.7 Å². The van der Waals surface area contributed by atoms with E-state index in [1.54, 1.807) is 4.90 Å². The predicted molar refractivity (Wildman–Crippen MR) is 76.7 cm³/mol. The Hall–Kier alpha value is -1.30. The van der Waals surface area contributed by atoms with Gasteiger partial charge in [-0.2, -0.15) is 0 Å². The number of hydrogen-bond acceptors (Lipinski definition) is 2. The highest BCUT2D eigenvalue weighted by Gasteiger charge is 2.32. The molecule has 1 saturated heterocycles. The number of halogens is 1. The fourth-order valence-electron chi connectivity index (χ4n) is 2.80. The van der Waals surface area contributed by atoms with Crippen LogP contribution in [0.15, 0.2) is 16.7 Å². The molecule has 1 atom stereocenters. The molecule has 1 aromatic heterocycles. The maximum Gasteiger partial charge on any atom is 0.308 e. The number of carboxylic acids is 1. The Balaban J connectivity index is 1.80. The Labute approximate surface area is 125 Å². The van der Waals surface area contributed by atoms with Crippen LogP contribution in [0.4, 0.5) is 0 Å². The molecule has 1 saturated carbocycles. The molecule has 2 fully saturated rings. The molecule has 1 aliphatic carbocycles. The molecule has 1 N–H and O–H groups in total. The van der Waals surface area contributed by atoms with E-state index in [-0.39, 0.29) is 5.91 Å². The topological polar surface area (TPSA) is 62.5 Å². The van der Waals surface area contributed by atoms with Crippen molar-refractivity contribution in [3.05, 3.63) is 22.4 Å². The van der Waals surface area contributed by atoms with Crippen molar-refractivity contribution in [3.63, 3.8) is 0 Å². The van der Waals surface area contributed by atoms with E-state index >= 15 is 0 Å². The zero-order valence-electron chi connectivity index (χ0n) is 11.1. The van der Waals surface area contributed by atoms with E-state index in [4.69, 9.17) is 5.11 Å². The summed E-state index contributed by atoms with van der Waals surface area (Å²) in [7, 11) is 0. The molecule has 0 aromatic carbocycles. The van der Waals surface area contributed by atoms with Crippen molar-refractivity contribution in [2.75, 3.05) is 13.1 Å². The highest BCUT2D eigenvalue weighted by atomic mass is 79.9. The molecule has 2 aliphatic rings. The Bertz CT molecular complexity index is 551. The van der Waals surface area contributed by atoms with E-state index in [9.17, 15) is 9.59 Å². The van der Waals surface area contributed by atoms with Gasteiger partial charge in [0.25, 0.3) is 5.91 Å². The van der Waals surface area contributed by atoms with Gasteiger partial charge in [-0.3, -0.25) is 9.59 Å². The van der Waals surface area contributed by atoms with Crippen molar-refractivity contribution < 1.29 is 14.7 Å². The average molecular weight is 341 g/mol. The number of amides is 1. The van der Waals surface area contributed by atoms with E-state index < -0.39 is 11.9 Å². The Morgan fingerprint density at radius 1 is 1.30 bits per heavy atom. The first kappa shape index (κ1) is 13.7. The van der Waals surface area contributed by atoms with Gasteiger partial charge in [-0.25, -0.2) is 0 Å². The third kappa shape index (κ3) is 2.61. The predicted octanol–water partition coefficient (Wildman–Crippen LogP) is 2.52. The van der Waals surface area contributed by atoms with Crippen molar-refractivity contribution in [1.29, 1.82) is 0 Å². The summed E-state index contributed by atoms with van der Waals surface area (Å²) < 4.78 is 2.93. The number of carboxylic acid groups (broad SMARTS) is 1. The van der Waals surface area contributed by atoms with Crippen molar-refractivity contribution in [1.82, 2.24) is 9.47 Å². The zero-order chi connectivity index (χ0) is 14.3. The van der Waals surface area contributed by atoms with Gasteiger partial charge in [-0.1, -0.05) is 0 Å². The second-order valence-electron chi connectivity index (χ2n) is 5.61. The summed E-state index contributed by atoms with van der Waals surface area (Å²) in [6.07, 6.45) is 5.59. The standard InChI is InChI=1S/C14H17BrN2O3/c15-10-6-12(17(8-10)11-3-4-11)13(18)16-5-1-2-9(7-16)14(19)20/h6,8-9,11H,1-5,7H2,(H,19,20)/t9-/m0/s1. The van der Waals surface area contributed by atoms with Gasteiger partial charge in [0.05, 0.1) is 5.92 Å². The van der Waals surface area contributed by atoms with Gasteiger partial charge in [-0.15, -0.1) is 0 Å². The van der Waals surface area contributed by atoms with Gasteiger partial charge in [0, 0.05) is 29.8 Å². The molecule has 6 heteroatoms. The molecule has 0 unspecified atom stereocenters. The third-order valence-electron chi connectivity index (χ3n) is 4.03. The summed E-state index contributed by atoms with van der Waals surface area (Å²) >= 11 is 3.42. The van der Waals surface area contributed by atoms with Gasteiger partial charge in [0.2, 0.25) is 0 Å². The Morgan fingerprint density at radius 3 is 2.70 bits per heavy atom. The molecular weight excluding hydrogens is 324 g/mol. The molecule has 3 rings (SSSR count). The fraction of sp³-hybridized carbons (Fsp3) is 0.571. The van der Waals surface area contributed by atoms with E-state index in [1.165, 1.54) is 0 Å². The number of carbonyl (C=O) groups excluding carboxylic acids is 1. The first-order valence-electron chi connectivity index (χ1n) is 6.95. The number of piperidine rings is 1. The largest absolute Gasteiger partial charge is 0.481 e. The minimum Gasteiger partial charge on any atom is -0.481 e. The van der Waals surface area contributed by atoms with Crippen LogP contribution < -0.4 is 0 Å². The van der Waals surface area contributed by atoms with E-state index in [0.29, 0.717) is 31.2 Å². The maximum atomic E-state index is 12.6. The number of rotatable bonds is 3. The lowest BCUT2D eigenvalue weighted by atomic mass is 9.98. The first-order chi connectivity index (χ1) is 9.56. The molecule has 0 bridgehead atoms. The van der Waals surface area contributed by atoms with Gasteiger partial charge < -0.3 is 14.6 Å². The molecular formula is C14H17BrN2O3. The van der Waals surface area contributed by atoms with Crippen LogP contribution in [0.5, 0.6) is 0 Å². The lowest BCUT2D eigenvalue weighted by Crippen LogP contribution is -2.42. The average Bonchev–Trinajstić information content (AvgIpc) is 3.21. The number of aliphatic carboxylic acids is 1. The normalized spacial score (nSPS) is 22.9. The van der Waals surface area contributed by atoms with Crippen molar-refractivity contribution in [3.8, 4) is 0 Å².